The van der Waals surface area contributed by atoms with Crippen molar-refractivity contribution in [2.45, 2.75) is 17.7 Å². The third-order valence-electron chi connectivity index (χ3n) is 4.45. The van der Waals surface area contributed by atoms with Crippen molar-refractivity contribution >= 4 is 56.4 Å². The number of hydrogen-bond acceptors (Lipinski definition) is 3. The van der Waals surface area contributed by atoms with Crippen molar-refractivity contribution in [3.05, 3.63) is 57.3 Å². The van der Waals surface area contributed by atoms with Crippen molar-refractivity contribution in [2.24, 2.45) is 5.92 Å². The Labute approximate surface area is 177 Å². The minimum Gasteiger partial charge on any atom is -0.326 e. The summed E-state index contributed by atoms with van der Waals surface area (Å²) in [5, 5.41) is 2.86. The second-order valence-electron chi connectivity index (χ2n) is 6.40. The summed E-state index contributed by atoms with van der Waals surface area (Å²) in [4.78, 5) is 12.5. The molecular weight excluding hydrogens is 450 g/mol. The monoisotopic (exact) mass is 464 g/mol. The van der Waals surface area contributed by atoms with E-state index in [4.69, 9.17) is 34.8 Å². The zero-order valence-corrected chi connectivity index (χ0v) is 17.5. The molecule has 5 nitrogen and oxygen atoms in total. The number of nitrogens with zero attached hydrogens (tertiary/aromatic N) is 1. The van der Waals surface area contributed by atoms with Gasteiger partial charge in [-0.25, -0.2) is 12.8 Å². The van der Waals surface area contributed by atoms with E-state index < -0.39 is 21.8 Å². The van der Waals surface area contributed by atoms with Crippen molar-refractivity contribution in [3.63, 3.8) is 0 Å². The van der Waals surface area contributed by atoms with Gasteiger partial charge in [0.1, 0.15) is 10.7 Å². The van der Waals surface area contributed by atoms with Gasteiger partial charge in [-0.05, 0) is 49.2 Å². The molecule has 0 spiro atoms. The molecule has 28 heavy (non-hydrogen) atoms. The minimum absolute atomic E-state index is 0.00589. The molecule has 1 atom stereocenters. The van der Waals surface area contributed by atoms with Crippen LogP contribution in [0.15, 0.2) is 41.3 Å². The zero-order chi connectivity index (χ0) is 20.5. The number of sulfonamides is 1. The molecule has 1 heterocycles. The molecule has 1 aliphatic heterocycles. The van der Waals surface area contributed by atoms with Crippen LogP contribution in [0.5, 0.6) is 0 Å². The molecule has 1 aliphatic rings. The van der Waals surface area contributed by atoms with Gasteiger partial charge in [0, 0.05) is 23.8 Å². The van der Waals surface area contributed by atoms with E-state index in [1.165, 1.54) is 34.6 Å². The molecule has 1 amide bonds. The maximum Gasteiger partial charge on any atom is 0.244 e. The van der Waals surface area contributed by atoms with E-state index in [-0.39, 0.29) is 39.0 Å². The third kappa shape index (κ3) is 4.60. The van der Waals surface area contributed by atoms with Gasteiger partial charge in [0.05, 0.1) is 16.0 Å². The molecule has 1 fully saturated rings. The third-order valence-corrected chi connectivity index (χ3v) is 7.32. The Morgan fingerprint density at radius 3 is 2.57 bits per heavy atom. The first-order valence-electron chi connectivity index (χ1n) is 8.39. The lowest BCUT2D eigenvalue weighted by atomic mass is 9.99. The number of carbonyl (C=O) groups is 1. The van der Waals surface area contributed by atoms with Gasteiger partial charge in [-0.1, -0.05) is 34.8 Å². The molecule has 0 unspecified atom stereocenters. The van der Waals surface area contributed by atoms with Crippen LogP contribution in [-0.2, 0) is 14.8 Å². The van der Waals surface area contributed by atoms with Crippen LogP contribution in [0.3, 0.4) is 0 Å². The number of rotatable bonds is 4. The van der Waals surface area contributed by atoms with E-state index >= 15 is 0 Å². The van der Waals surface area contributed by atoms with E-state index in [0.29, 0.717) is 18.5 Å². The van der Waals surface area contributed by atoms with Gasteiger partial charge >= 0.3 is 0 Å². The fourth-order valence-corrected chi connectivity index (χ4v) is 5.45. The zero-order valence-electron chi connectivity index (χ0n) is 14.5. The van der Waals surface area contributed by atoms with E-state index in [1.807, 2.05) is 0 Å². The summed E-state index contributed by atoms with van der Waals surface area (Å²) in [5.41, 5.74) is 0.342. The number of benzene rings is 2. The smallest absolute Gasteiger partial charge is 0.244 e. The number of piperidine rings is 1. The molecule has 150 valence electrons. The second kappa shape index (κ2) is 8.55. The van der Waals surface area contributed by atoms with E-state index in [0.717, 1.165) is 6.07 Å². The first-order chi connectivity index (χ1) is 13.2. The molecule has 1 N–H and O–H groups in total. The lowest BCUT2D eigenvalue weighted by Crippen LogP contribution is -2.43. The molecule has 2 aromatic carbocycles. The Kier molecular flexibility index (Phi) is 6.51. The highest BCUT2D eigenvalue weighted by molar-refractivity contribution is 7.89. The Morgan fingerprint density at radius 1 is 1.11 bits per heavy atom. The molecule has 3 rings (SSSR count). The van der Waals surface area contributed by atoms with Crippen LogP contribution in [0, 0.1) is 11.7 Å². The molecule has 10 heteroatoms. The largest absolute Gasteiger partial charge is 0.326 e. The Bertz CT molecular complexity index is 1020. The molecule has 1 saturated heterocycles. The summed E-state index contributed by atoms with van der Waals surface area (Å²) in [5.74, 6) is -1.52. The SMILES string of the molecule is O=C(Nc1ccc(F)c(Cl)c1)[C@@H]1CCCN(S(=O)(=O)c2cc(Cl)ccc2Cl)C1. The second-order valence-corrected chi connectivity index (χ2v) is 9.55. The molecule has 0 saturated carbocycles. The van der Waals surface area contributed by atoms with E-state index in [9.17, 15) is 17.6 Å². The molecule has 0 radical (unpaired) electrons. The van der Waals surface area contributed by atoms with Crippen LogP contribution in [0.25, 0.3) is 0 Å². The van der Waals surface area contributed by atoms with Gasteiger partial charge in [-0.2, -0.15) is 4.31 Å². The van der Waals surface area contributed by atoms with Crippen molar-refractivity contribution in [1.82, 2.24) is 4.31 Å². The van der Waals surface area contributed by atoms with Gasteiger partial charge in [0.25, 0.3) is 0 Å². The highest BCUT2D eigenvalue weighted by atomic mass is 35.5. The van der Waals surface area contributed by atoms with Gasteiger partial charge < -0.3 is 5.32 Å². The predicted molar refractivity (Wildman–Crippen MR) is 108 cm³/mol. The standard InChI is InChI=1S/C18H16Cl3FN2O3S/c19-12-3-5-14(20)17(8-12)28(26,27)24-7-1-2-11(10-24)18(25)23-13-4-6-16(22)15(21)9-13/h3-6,8-9,11H,1-2,7,10H2,(H,23,25)/t11-/m1/s1. The average molecular weight is 466 g/mol. The number of hydrogen-bond donors (Lipinski definition) is 1. The maximum absolute atomic E-state index is 13.3. The van der Waals surface area contributed by atoms with E-state index in [2.05, 4.69) is 5.32 Å². The maximum atomic E-state index is 13.3. The number of nitrogens with one attached hydrogen (secondary N) is 1. The van der Waals surface area contributed by atoms with Crippen LogP contribution >= 0.6 is 34.8 Å². The lowest BCUT2D eigenvalue weighted by Gasteiger charge is -2.31. The van der Waals surface area contributed by atoms with Crippen molar-refractivity contribution in [3.8, 4) is 0 Å². The average Bonchev–Trinajstić information content (AvgIpc) is 2.66. The predicted octanol–water partition coefficient (Wildman–Crippen LogP) is 4.83. The highest BCUT2D eigenvalue weighted by Crippen LogP contribution is 2.31. The summed E-state index contributed by atoms with van der Waals surface area (Å²) in [7, 11) is -3.90. The number of amides is 1. The van der Waals surface area contributed by atoms with Gasteiger partial charge in [-0.3, -0.25) is 4.79 Å². The Balaban J connectivity index is 1.76. The Hall–Kier alpha value is -1.38. The normalized spacial score (nSPS) is 18.1. The fraction of sp³-hybridized carbons (Fsp3) is 0.278. The quantitative estimate of drug-likeness (QED) is 0.703. The molecular formula is C18H16Cl3FN2O3S. The summed E-state index contributed by atoms with van der Waals surface area (Å²) < 4.78 is 40.4. The molecule has 2 aromatic rings. The molecule has 0 aromatic heterocycles. The van der Waals surface area contributed by atoms with Crippen LogP contribution in [0.4, 0.5) is 10.1 Å². The summed E-state index contributed by atoms with van der Waals surface area (Å²) >= 11 is 17.7. The highest BCUT2D eigenvalue weighted by Gasteiger charge is 2.34. The van der Waals surface area contributed by atoms with E-state index in [1.54, 1.807) is 0 Å². The van der Waals surface area contributed by atoms with Crippen LogP contribution in [0.2, 0.25) is 15.1 Å². The fourth-order valence-electron chi connectivity index (χ4n) is 3.01. The van der Waals surface area contributed by atoms with Gasteiger partial charge in [0.15, 0.2) is 0 Å². The minimum atomic E-state index is -3.90. The van der Waals surface area contributed by atoms with Gasteiger partial charge in [-0.15, -0.1) is 0 Å². The number of carbonyl (C=O) groups excluding carboxylic acids is 1. The van der Waals surface area contributed by atoms with Crippen molar-refractivity contribution < 1.29 is 17.6 Å². The lowest BCUT2D eigenvalue weighted by molar-refractivity contribution is -0.120. The van der Waals surface area contributed by atoms with Crippen molar-refractivity contribution in [1.29, 1.82) is 0 Å². The number of anilines is 1. The van der Waals surface area contributed by atoms with Crippen molar-refractivity contribution in [2.75, 3.05) is 18.4 Å². The first kappa shape index (κ1) is 21.3. The topological polar surface area (TPSA) is 66.5 Å². The van der Waals surface area contributed by atoms with Crippen LogP contribution in [0.1, 0.15) is 12.8 Å². The first-order valence-corrected chi connectivity index (χ1v) is 11.0. The van der Waals surface area contributed by atoms with Crippen LogP contribution in [-0.4, -0.2) is 31.7 Å². The molecule has 0 bridgehead atoms. The summed E-state index contributed by atoms with van der Waals surface area (Å²) in [6.45, 7) is 0.281. The summed E-state index contributed by atoms with van der Waals surface area (Å²) in [6.07, 6.45) is 1.04. The number of halogens is 4. The Morgan fingerprint density at radius 2 is 1.86 bits per heavy atom. The van der Waals surface area contributed by atoms with Crippen LogP contribution < -0.4 is 5.32 Å². The summed E-state index contributed by atoms with van der Waals surface area (Å²) in [6, 6.07) is 8.06. The van der Waals surface area contributed by atoms with Gasteiger partial charge in [0.2, 0.25) is 15.9 Å². The molecule has 0 aliphatic carbocycles.